The average Bonchev–Trinajstić information content (AvgIpc) is 3.45. The van der Waals surface area contributed by atoms with Crippen molar-refractivity contribution in [3.8, 4) is 11.1 Å². The second-order valence-corrected chi connectivity index (χ2v) is 9.42. The molecular weight excluding hydrogens is 474 g/mol. The normalized spacial score (nSPS) is 11.8. The maximum atomic E-state index is 13.4. The number of aromatic amines is 1. The van der Waals surface area contributed by atoms with E-state index >= 15 is 0 Å². The van der Waals surface area contributed by atoms with E-state index in [4.69, 9.17) is 21.4 Å². The highest BCUT2D eigenvalue weighted by atomic mass is 35.5. The summed E-state index contributed by atoms with van der Waals surface area (Å²) in [5, 5.41) is 7.15. The third-order valence-electron chi connectivity index (χ3n) is 6.62. The van der Waals surface area contributed by atoms with E-state index in [0.717, 1.165) is 28.8 Å². The lowest BCUT2D eigenvalue weighted by Crippen LogP contribution is -2.21. The van der Waals surface area contributed by atoms with Crippen molar-refractivity contribution in [3.05, 3.63) is 99.3 Å². The molecule has 6 rings (SSSR count). The molecule has 6 aromatic rings. The molecule has 0 unspecified atom stereocenters. The third-order valence-corrected chi connectivity index (χ3v) is 6.87. The van der Waals surface area contributed by atoms with Crippen LogP contribution in [0.15, 0.2) is 71.9 Å². The molecule has 8 heteroatoms. The monoisotopic (exact) mass is 497 g/mol. The molecule has 0 radical (unpaired) electrons. The minimum Gasteiger partial charge on any atom is -0.378 e. The van der Waals surface area contributed by atoms with Gasteiger partial charge in [0.25, 0.3) is 5.56 Å². The van der Waals surface area contributed by atoms with Gasteiger partial charge in [0.05, 0.1) is 28.8 Å². The molecule has 4 heterocycles. The Morgan fingerprint density at radius 3 is 2.72 bits per heavy atom. The molecule has 2 aromatic carbocycles. The van der Waals surface area contributed by atoms with Gasteiger partial charge in [0.1, 0.15) is 0 Å². The van der Waals surface area contributed by atoms with Crippen LogP contribution in [0, 0.1) is 6.92 Å². The quantitative estimate of drug-likeness (QED) is 0.327. The molecule has 0 aliphatic rings. The summed E-state index contributed by atoms with van der Waals surface area (Å²) in [6.45, 7) is 2.98. The molecule has 0 saturated carbocycles. The predicted molar refractivity (Wildman–Crippen MR) is 143 cm³/mol. The minimum absolute atomic E-state index is 0.0882. The Morgan fingerprint density at radius 1 is 1.08 bits per heavy atom. The van der Waals surface area contributed by atoms with Crippen molar-refractivity contribution in [2.45, 2.75) is 26.5 Å². The number of nitrogens with zero attached hydrogens (tertiary/aromatic N) is 4. The summed E-state index contributed by atoms with van der Waals surface area (Å²) >= 11 is 6.10. The summed E-state index contributed by atoms with van der Waals surface area (Å²) < 4.78 is 8.88. The first kappa shape index (κ1) is 22.5. The fourth-order valence-corrected chi connectivity index (χ4v) is 4.95. The molecule has 0 aliphatic heterocycles. The van der Waals surface area contributed by atoms with Crippen LogP contribution in [0.4, 0.5) is 0 Å². The standard InChI is InChI=1S/C28H24ClN5O2/c1-17-3-8-23-21(13-17)19(14-30-23)9-11-33-12-10-25-22(28(33)35)15-31-27-26(18-4-6-20(29)7-5-18)24(16-36-2)32-34(25)27/h3-8,10,12-15,30H,9,11,16H2,1-2H3. The van der Waals surface area contributed by atoms with Crippen LogP contribution in [-0.4, -0.2) is 31.3 Å². The largest absolute Gasteiger partial charge is 0.378 e. The maximum Gasteiger partial charge on any atom is 0.261 e. The zero-order valence-electron chi connectivity index (χ0n) is 20.0. The molecular formula is C28H24ClN5O2. The van der Waals surface area contributed by atoms with Crippen LogP contribution in [0.25, 0.3) is 38.6 Å². The van der Waals surface area contributed by atoms with Crippen molar-refractivity contribution in [1.82, 2.24) is 24.1 Å². The third kappa shape index (κ3) is 3.77. The van der Waals surface area contributed by atoms with Crippen molar-refractivity contribution in [2.75, 3.05) is 7.11 Å². The van der Waals surface area contributed by atoms with E-state index in [-0.39, 0.29) is 5.56 Å². The zero-order chi connectivity index (χ0) is 24.8. The van der Waals surface area contributed by atoms with Gasteiger partial charge >= 0.3 is 0 Å². The minimum atomic E-state index is -0.0882. The van der Waals surface area contributed by atoms with Crippen molar-refractivity contribution in [3.63, 3.8) is 0 Å². The summed E-state index contributed by atoms with van der Waals surface area (Å²) in [6, 6.07) is 15.8. The first-order valence-corrected chi connectivity index (χ1v) is 12.1. The molecule has 1 N–H and O–H groups in total. The summed E-state index contributed by atoms with van der Waals surface area (Å²) in [6.07, 6.45) is 6.26. The van der Waals surface area contributed by atoms with Crippen LogP contribution in [0.5, 0.6) is 0 Å². The van der Waals surface area contributed by atoms with Crippen molar-refractivity contribution in [2.24, 2.45) is 0 Å². The Kier molecular flexibility index (Phi) is 5.59. The number of hydrogen-bond donors (Lipinski definition) is 1. The maximum absolute atomic E-state index is 13.4. The molecule has 0 saturated heterocycles. The predicted octanol–water partition coefficient (Wildman–Crippen LogP) is 5.54. The lowest BCUT2D eigenvalue weighted by Gasteiger charge is -2.08. The Labute approximate surface area is 211 Å². The second-order valence-electron chi connectivity index (χ2n) is 8.98. The van der Waals surface area contributed by atoms with E-state index in [2.05, 4.69) is 35.1 Å². The van der Waals surface area contributed by atoms with Gasteiger partial charge in [-0.05, 0) is 54.8 Å². The second kappa shape index (κ2) is 8.93. The lowest BCUT2D eigenvalue weighted by molar-refractivity contribution is 0.181. The van der Waals surface area contributed by atoms with E-state index in [1.165, 1.54) is 16.5 Å². The SMILES string of the molecule is COCc1nn2c(ncc3c(=O)n(CCc4c[nH]c5ccc(C)cc45)ccc32)c1-c1ccc(Cl)cc1. The van der Waals surface area contributed by atoms with Crippen LogP contribution in [-0.2, 0) is 24.3 Å². The first-order valence-electron chi connectivity index (χ1n) is 11.7. The van der Waals surface area contributed by atoms with Crippen molar-refractivity contribution >= 4 is 39.1 Å². The van der Waals surface area contributed by atoms with Crippen molar-refractivity contribution in [1.29, 1.82) is 0 Å². The number of pyridine rings is 1. The Morgan fingerprint density at radius 2 is 1.92 bits per heavy atom. The lowest BCUT2D eigenvalue weighted by atomic mass is 10.1. The molecule has 0 bridgehead atoms. The Hall–Kier alpha value is -3.94. The number of H-pyrrole nitrogens is 1. The molecule has 0 amide bonds. The van der Waals surface area contributed by atoms with E-state index in [9.17, 15) is 4.79 Å². The first-order chi connectivity index (χ1) is 17.5. The topological polar surface area (TPSA) is 77.2 Å². The highest BCUT2D eigenvalue weighted by Gasteiger charge is 2.19. The average molecular weight is 498 g/mol. The van der Waals surface area contributed by atoms with Crippen LogP contribution >= 0.6 is 11.6 Å². The molecule has 0 spiro atoms. The van der Waals surface area contributed by atoms with Crippen LogP contribution < -0.4 is 5.56 Å². The van der Waals surface area contributed by atoms with Crippen LogP contribution in [0.2, 0.25) is 5.02 Å². The number of aromatic nitrogens is 5. The smallest absolute Gasteiger partial charge is 0.261 e. The van der Waals surface area contributed by atoms with Gasteiger partial charge in [-0.25, -0.2) is 9.50 Å². The van der Waals surface area contributed by atoms with Gasteiger partial charge in [0, 0.05) is 48.2 Å². The molecule has 36 heavy (non-hydrogen) atoms. The highest BCUT2D eigenvalue weighted by Crippen LogP contribution is 2.30. The number of rotatable bonds is 6. The summed E-state index contributed by atoms with van der Waals surface area (Å²) in [4.78, 5) is 21.4. The molecule has 0 atom stereocenters. The number of benzene rings is 2. The van der Waals surface area contributed by atoms with Gasteiger partial charge in [-0.1, -0.05) is 35.4 Å². The summed E-state index contributed by atoms with van der Waals surface area (Å²) in [5.41, 5.74) is 7.36. The van der Waals surface area contributed by atoms with Gasteiger partial charge in [-0.15, -0.1) is 0 Å². The van der Waals surface area contributed by atoms with E-state index < -0.39 is 0 Å². The van der Waals surface area contributed by atoms with Gasteiger partial charge < -0.3 is 14.3 Å². The summed E-state index contributed by atoms with van der Waals surface area (Å²) in [7, 11) is 1.63. The molecule has 180 valence electrons. The number of nitrogens with one attached hydrogen (secondary N) is 1. The summed E-state index contributed by atoms with van der Waals surface area (Å²) in [5.74, 6) is 0. The number of aryl methyl sites for hydroxylation is 3. The van der Waals surface area contributed by atoms with Gasteiger partial charge in [0.2, 0.25) is 0 Å². The number of methoxy groups -OCH3 is 1. The molecule has 4 aromatic heterocycles. The van der Waals surface area contributed by atoms with Crippen molar-refractivity contribution < 1.29 is 4.74 Å². The number of hydrogen-bond acceptors (Lipinski definition) is 4. The molecule has 0 aliphatic carbocycles. The van der Waals surface area contributed by atoms with Gasteiger partial charge in [-0.2, -0.15) is 5.10 Å². The van der Waals surface area contributed by atoms with E-state index in [1.807, 2.05) is 42.7 Å². The van der Waals surface area contributed by atoms with Gasteiger partial charge in [-0.3, -0.25) is 4.79 Å². The van der Waals surface area contributed by atoms with E-state index in [0.29, 0.717) is 34.7 Å². The number of fused-ring (bicyclic) bond motifs is 4. The number of halogens is 1. The fraction of sp³-hybridized carbons (Fsp3) is 0.179. The fourth-order valence-electron chi connectivity index (χ4n) is 4.82. The molecule has 7 nitrogen and oxygen atoms in total. The highest BCUT2D eigenvalue weighted by molar-refractivity contribution is 6.30. The molecule has 0 fully saturated rings. The van der Waals surface area contributed by atoms with Crippen LogP contribution in [0.1, 0.15) is 16.8 Å². The van der Waals surface area contributed by atoms with Gasteiger partial charge in [0.15, 0.2) is 5.65 Å². The van der Waals surface area contributed by atoms with E-state index in [1.54, 1.807) is 22.4 Å². The Balaban J connectivity index is 1.41. The van der Waals surface area contributed by atoms with Crippen LogP contribution in [0.3, 0.4) is 0 Å². The zero-order valence-corrected chi connectivity index (χ0v) is 20.7. The number of ether oxygens (including phenoxy) is 1. The Bertz CT molecular complexity index is 1800.